The molecule has 0 saturated carbocycles. The molecule has 0 nitrogen and oxygen atoms in total. The second-order valence-electron chi connectivity index (χ2n) is 3.98. The summed E-state index contributed by atoms with van der Waals surface area (Å²) < 4.78 is 2.28. The van der Waals surface area contributed by atoms with Crippen LogP contribution in [0.4, 0.5) is 0 Å². The van der Waals surface area contributed by atoms with Crippen LogP contribution in [-0.2, 0) is 0 Å². The Kier molecular flexibility index (Phi) is 4.35. The first-order valence-corrected chi connectivity index (χ1v) is 7.99. The summed E-state index contributed by atoms with van der Waals surface area (Å²) in [7, 11) is 0. The molecule has 0 aliphatic rings. The first kappa shape index (κ1) is 13.6. The van der Waals surface area contributed by atoms with Crippen molar-refractivity contribution in [2.24, 2.45) is 0 Å². The molecule has 1 unspecified atom stereocenters. The lowest BCUT2D eigenvalue weighted by Gasteiger charge is -2.09. The van der Waals surface area contributed by atoms with Crippen LogP contribution in [0.5, 0.6) is 0 Å². The predicted octanol–water partition coefficient (Wildman–Crippen LogP) is 6.22. The van der Waals surface area contributed by atoms with Crippen molar-refractivity contribution in [1.29, 1.82) is 0 Å². The van der Waals surface area contributed by atoms with Gasteiger partial charge in [0.05, 0.1) is 9.16 Å². The van der Waals surface area contributed by atoms with Crippen molar-refractivity contribution in [2.75, 3.05) is 0 Å². The highest BCUT2D eigenvalue weighted by Gasteiger charge is 2.15. The Hall–Kier alpha value is 0.170. The minimum Gasteiger partial charge on any atom is -0.131 e. The van der Waals surface area contributed by atoms with E-state index >= 15 is 0 Å². The molecule has 0 fully saturated rings. The minimum absolute atomic E-state index is 0.0724. The van der Waals surface area contributed by atoms with Crippen LogP contribution >= 0.6 is 54.8 Å². The molecule has 17 heavy (non-hydrogen) atoms. The SMILES string of the molecule is Cc1cc(C(Cl)c2cc(C)c(Br)s2)ccc1Br. The summed E-state index contributed by atoms with van der Waals surface area (Å²) in [5, 5.41) is -0.0724. The van der Waals surface area contributed by atoms with Crippen LogP contribution in [0.15, 0.2) is 32.5 Å². The monoisotopic (exact) mass is 392 g/mol. The first-order chi connectivity index (χ1) is 7.99. The van der Waals surface area contributed by atoms with Crippen LogP contribution < -0.4 is 0 Å². The maximum atomic E-state index is 6.52. The fourth-order valence-electron chi connectivity index (χ4n) is 1.60. The number of hydrogen-bond donors (Lipinski definition) is 0. The third kappa shape index (κ3) is 2.95. The van der Waals surface area contributed by atoms with Crippen LogP contribution in [-0.4, -0.2) is 0 Å². The van der Waals surface area contributed by atoms with E-state index in [9.17, 15) is 0 Å². The van der Waals surface area contributed by atoms with E-state index in [1.165, 1.54) is 16.0 Å². The molecule has 2 rings (SSSR count). The second kappa shape index (κ2) is 5.43. The zero-order chi connectivity index (χ0) is 12.6. The van der Waals surface area contributed by atoms with E-state index in [1.807, 2.05) is 0 Å². The molecule has 0 aliphatic carbocycles. The van der Waals surface area contributed by atoms with E-state index < -0.39 is 0 Å². The summed E-state index contributed by atoms with van der Waals surface area (Å²) >= 11 is 15.3. The Balaban J connectivity index is 2.36. The lowest BCUT2D eigenvalue weighted by molar-refractivity contribution is 1.16. The van der Waals surface area contributed by atoms with E-state index in [4.69, 9.17) is 11.6 Å². The van der Waals surface area contributed by atoms with E-state index in [1.54, 1.807) is 11.3 Å². The first-order valence-electron chi connectivity index (χ1n) is 5.15. The molecule has 1 heterocycles. The molecule has 0 aliphatic heterocycles. The van der Waals surface area contributed by atoms with Crippen molar-refractivity contribution in [3.8, 4) is 0 Å². The normalized spacial score (nSPS) is 12.8. The summed E-state index contributed by atoms with van der Waals surface area (Å²) in [5.41, 5.74) is 3.59. The molecule has 1 aromatic carbocycles. The lowest BCUT2D eigenvalue weighted by Crippen LogP contribution is -1.91. The summed E-state index contributed by atoms with van der Waals surface area (Å²) in [6.07, 6.45) is 0. The number of halogens is 3. The standard InChI is InChI=1S/C13H11Br2ClS/c1-7-5-9(3-4-10(7)14)12(16)11-6-8(2)13(15)17-11/h3-6,12H,1-2H3. The van der Waals surface area contributed by atoms with E-state index in [0.29, 0.717) is 0 Å². The van der Waals surface area contributed by atoms with Gasteiger partial charge in [-0.15, -0.1) is 22.9 Å². The van der Waals surface area contributed by atoms with Gasteiger partial charge in [-0.1, -0.05) is 28.1 Å². The molecule has 0 radical (unpaired) electrons. The number of thiophene rings is 1. The highest BCUT2D eigenvalue weighted by molar-refractivity contribution is 9.11. The lowest BCUT2D eigenvalue weighted by atomic mass is 10.1. The molecule has 4 heteroatoms. The predicted molar refractivity (Wildman–Crippen MR) is 83.3 cm³/mol. The fraction of sp³-hybridized carbons (Fsp3) is 0.231. The number of benzene rings is 1. The number of rotatable bonds is 2. The Morgan fingerprint density at radius 3 is 2.35 bits per heavy atom. The molecule has 90 valence electrons. The minimum atomic E-state index is -0.0724. The molecule has 0 saturated heterocycles. The van der Waals surface area contributed by atoms with Gasteiger partial charge in [-0.3, -0.25) is 0 Å². The van der Waals surface area contributed by atoms with E-state index in [2.05, 4.69) is 70.0 Å². The fourth-order valence-corrected chi connectivity index (χ4v) is 3.75. The summed E-state index contributed by atoms with van der Waals surface area (Å²) in [6, 6.07) is 8.39. The van der Waals surface area contributed by atoms with Gasteiger partial charge in [-0.05, 0) is 58.6 Å². The number of alkyl halides is 1. The Morgan fingerprint density at radius 1 is 1.12 bits per heavy atom. The van der Waals surface area contributed by atoms with Crippen molar-refractivity contribution in [3.63, 3.8) is 0 Å². The molecule has 1 aromatic heterocycles. The number of aryl methyl sites for hydroxylation is 2. The van der Waals surface area contributed by atoms with Gasteiger partial charge in [-0.25, -0.2) is 0 Å². The maximum absolute atomic E-state index is 6.52. The average Bonchev–Trinajstić information content (AvgIpc) is 2.62. The Labute approximate surface area is 127 Å². The van der Waals surface area contributed by atoms with Crippen molar-refractivity contribution in [1.82, 2.24) is 0 Å². The molecule has 0 N–H and O–H groups in total. The molecular weight excluding hydrogens is 383 g/mol. The van der Waals surface area contributed by atoms with Crippen LogP contribution in [0, 0.1) is 13.8 Å². The summed E-state index contributed by atoms with van der Waals surface area (Å²) in [5.74, 6) is 0. The van der Waals surface area contributed by atoms with Crippen molar-refractivity contribution in [3.05, 3.63) is 54.1 Å². The number of hydrogen-bond acceptors (Lipinski definition) is 1. The maximum Gasteiger partial charge on any atom is 0.0928 e. The van der Waals surface area contributed by atoms with Crippen molar-refractivity contribution >= 4 is 54.8 Å². The topological polar surface area (TPSA) is 0 Å². The van der Waals surface area contributed by atoms with Crippen LogP contribution in [0.1, 0.15) is 26.9 Å². The highest BCUT2D eigenvalue weighted by atomic mass is 79.9. The molecule has 2 aromatic rings. The molecule has 1 atom stereocenters. The van der Waals surface area contributed by atoms with Crippen molar-refractivity contribution < 1.29 is 0 Å². The van der Waals surface area contributed by atoms with Gasteiger partial charge in [0.25, 0.3) is 0 Å². The third-order valence-corrected chi connectivity index (χ3v) is 6.31. The van der Waals surface area contributed by atoms with Gasteiger partial charge in [0.15, 0.2) is 0 Å². The summed E-state index contributed by atoms with van der Waals surface area (Å²) in [4.78, 5) is 1.18. The Morgan fingerprint density at radius 2 is 1.82 bits per heavy atom. The smallest absolute Gasteiger partial charge is 0.0928 e. The molecule has 0 spiro atoms. The van der Waals surface area contributed by atoms with Gasteiger partial charge in [0, 0.05) is 9.35 Å². The third-order valence-electron chi connectivity index (χ3n) is 2.60. The van der Waals surface area contributed by atoms with Crippen LogP contribution in [0.3, 0.4) is 0 Å². The second-order valence-corrected chi connectivity index (χ2v) is 7.67. The zero-order valence-electron chi connectivity index (χ0n) is 9.43. The van der Waals surface area contributed by atoms with Gasteiger partial charge in [-0.2, -0.15) is 0 Å². The average molecular weight is 395 g/mol. The Bertz CT molecular complexity index is 529. The quantitative estimate of drug-likeness (QED) is 0.531. The van der Waals surface area contributed by atoms with Gasteiger partial charge in [0.1, 0.15) is 0 Å². The van der Waals surface area contributed by atoms with Crippen molar-refractivity contribution in [2.45, 2.75) is 19.2 Å². The van der Waals surface area contributed by atoms with E-state index in [0.717, 1.165) is 13.8 Å². The summed E-state index contributed by atoms with van der Waals surface area (Å²) in [6.45, 7) is 4.16. The molecule has 0 amide bonds. The molecule has 0 bridgehead atoms. The van der Waals surface area contributed by atoms with Gasteiger partial charge < -0.3 is 0 Å². The van der Waals surface area contributed by atoms with Gasteiger partial charge in [0.2, 0.25) is 0 Å². The zero-order valence-corrected chi connectivity index (χ0v) is 14.2. The van der Waals surface area contributed by atoms with E-state index in [-0.39, 0.29) is 5.38 Å². The largest absolute Gasteiger partial charge is 0.131 e. The molecular formula is C13H11Br2ClS. The van der Waals surface area contributed by atoms with Crippen LogP contribution in [0.2, 0.25) is 0 Å². The highest BCUT2D eigenvalue weighted by Crippen LogP contribution is 2.38. The van der Waals surface area contributed by atoms with Crippen LogP contribution in [0.25, 0.3) is 0 Å². The van der Waals surface area contributed by atoms with Gasteiger partial charge >= 0.3 is 0 Å².